The minimum absolute atomic E-state index is 0.502. The van der Waals surface area contributed by atoms with Crippen molar-refractivity contribution in [1.29, 1.82) is 0 Å². The molecule has 110 valence electrons. The number of rotatable bonds is 8. The van der Waals surface area contributed by atoms with Crippen molar-refractivity contribution in [2.45, 2.75) is 65.3 Å². The van der Waals surface area contributed by atoms with Gasteiger partial charge in [-0.1, -0.05) is 39.0 Å². The maximum absolute atomic E-state index is 5.49. The van der Waals surface area contributed by atoms with Crippen LogP contribution in [0.4, 0.5) is 5.69 Å². The number of nitrogens with zero attached hydrogens (tertiary/aromatic N) is 1. The summed E-state index contributed by atoms with van der Waals surface area (Å²) in [5.41, 5.74) is 2.93. The number of nitrogens with one attached hydrogen (secondary N) is 1. The molecule has 1 unspecified atom stereocenters. The molecule has 1 aromatic heterocycles. The lowest BCUT2D eigenvalue weighted by molar-refractivity contribution is 0.561. The van der Waals surface area contributed by atoms with Crippen LogP contribution in [0, 0.1) is 6.92 Å². The first-order chi connectivity index (χ1) is 9.69. The van der Waals surface area contributed by atoms with Crippen molar-refractivity contribution < 1.29 is 4.42 Å². The molecule has 1 atom stereocenters. The molecule has 0 aliphatic carbocycles. The van der Waals surface area contributed by atoms with E-state index in [-0.39, 0.29) is 0 Å². The first-order valence-electron chi connectivity index (χ1n) is 7.82. The van der Waals surface area contributed by atoms with Crippen LogP contribution < -0.4 is 5.32 Å². The van der Waals surface area contributed by atoms with Gasteiger partial charge in [0.2, 0.25) is 0 Å². The minimum atomic E-state index is 0.502. The lowest BCUT2D eigenvalue weighted by Gasteiger charge is -2.15. The van der Waals surface area contributed by atoms with Crippen LogP contribution >= 0.6 is 0 Å². The zero-order valence-electron chi connectivity index (χ0n) is 12.9. The molecule has 0 bridgehead atoms. The molecule has 0 spiro atoms. The summed E-state index contributed by atoms with van der Waals surface area (Å²) in [7, 11) is 0. The Morgan fingerprint density at radius 1 is 1.20 bits per heavy atom. The summed E-state index contributed by atoms with van der Waals surface area (Å²) < 4.78 is 5.49. The highest BCUT2D eigenvalue weighted by Crippen LogP contribution is 2.21. The van der Waals surface area contributed by atoms with Crippen LogP contribution in [0.2, 0.25) is 0 Å². The molecule has 0 radical (unpaired) electrons. The Bertz CT molecular complexity index is 533. The molecular weight excluding hydrogens is 248 g/mol. The third kappa shape index (κ3) is 4.26. The van der Waals surface area contributed by atoms with E-state index in [1.165, 1.54) is 38.5 Å². The van der Waals surface area contributed by atoms with Crippen LogP contribution in [0.3, 0.4) is 0 Å². The summed E-state index contributed by atoms with van der Waals surface area (Å²) in [5, 5.41) is 3.55. The predicted molar refractivity (Wildman–Crippen MR) is 85.2 cm³/mol. The number of fused-ring (bicyclic) bond motifs is 1. The largest absolute Gasteiger partial charge is 0.441 e. The van der Waals surface area contributed by atoms with Crippen molar-refractivity contribution in [3.63, 3.8) is 0 Å². The number of aromatic nitrogens is 1. The Morgan fingerprint density at radius 3 is 2.80 bits per heavy atom. The van der Waals surface area contributed by atoms with Gasteiger partial charge in [0.05, 0.1) is 0 Å². The standard InChI is InChI=1S/C17H26N2O/c1-4-5-6-7-8-9-13(2)18-15-10-11-17-16(12-15)19-14(3)20-17/h10-13,18H,4-9H2,1-3H3. The summed E-state index contributed by atoms with van der Waals surface area (Å²) in [5.74, 6) is 0.723. The van der Waals surface area contributed by atoms with Gasteiger partial charge in [-0.3, -0.25) is 0 Å². The lowest BCUT2D eigenvalue weighted by atomic mass is 10.1. The third-order valence-corrected chi connectivity index (χ3v) is 3.65. The Labute approximate surface area is 121 Å². The van der Waals surface area contributed by atoms with E-state index < -0.39 is 0 Å². The second-order valence-corrected chi connectivity index (χ2v) is 5.66. The topological polar surface area (TPSA) is 38.1 Å². The molecule has 2 rings (SSSR count). The molecule has 3 heteroatoms. The second-order valence-electron chi connectivity index (χ2n) is 5.66. The average molecular weight is 274 g/mol. The van der Waals surface area contributed by atoms with E-state index in [1.807, 2.05) is 13.0 Å². The normalized spacial score (nSPS) is 12.8. The van der Waals surface area contributed by atoms with E-state index in [2.05, 4.69) is 36.3 Å². The Morgan fingerprint density at radius 2 is 2.00 bits per heavy atom. The SMILES string of the molecule is CCCCCCCC(C)Nc1ccc2oc(C)nc2c1. The van der Waals surface area contributed by atoms with Crippen LogP contribution in [0.1, 0.15) is 58.3 Å². The van der Waals surface area contributed by atoms with Gasteiger partial charge < -0.3 is 9.73 Å². The molecule has 0 saturated heterocycles. The van der Waals surface area contributed by atoms with Gasteiger partial charge in [0.1, 0.15) is 5.52 Å². The molecule has 3 nitrogen and oxygen atoms in total. The molecule has 1 heterocycles. The number of hydrogen-bond acceptors (Lipinski definition) is 3. The summed E-state index contributed by atoms with van der Waals surface area (Å²) >= 11 is 0. The quantitative estimate of drug-likeness (QED) is 0.664. The van der Waals surface area contributed by atoms with Gasteiger partial charge in [0, 0.05) is 18.7 Å². The molecule has 0 aliphatic rings. The Hall–Kier alpha value is -1.51. The van der Waals surface area contributed by atoms with Crippen LogP contribution in [0.15, 0.2) is 22.6 Å². The highest BCUT2D eigenvalue weighted by molar-refractivity contribution is 5.77. The predicted octanol–water partition coefficient (Wildman–Crippen LogP) is 5.30. The number of oxazole rings is 1. The van der Waals surface area contributed by atoms with Crippen LogP contribution in [0.5, 0.6) is 0 Å². The van der Waals surface area contributed by atoms with Crippen molar-refractivity contribution in [2.75, 3.05) is 5.32 Å². The number of aryl methyl sites for hydroxylation is 1. The van der Waals surface area contributed by atoms with E-state index in [1.54, 1.807) is 0 Å². The molecule has 0 fully saturated rings. The maximum Gasteiger partial charge on any atom is 0.192 e. The van der Waals surface area contributed by atoms with Gasteiger partial charge in [-0.05, 0) is 31.5 Å². The highest BCUT2D eigenvalue weighted by atomic mass is 16.3. The summed E-state index contributed by atoms with van der Waals surface area (Å²) in [6.07, 6.45) is 7.92. The number of anilines is 1. The summed E-state index contributed by atoms with van der Waals surface area (Å²) in [4.78, 5) is 4.37. The van der Waals surface area contributed by atoms with E-state index >= 15 is 0 Å². The fraction of sp³-hybridized carbons (Fsp3) is 0.588. The van der Waals surface area contributed by atoms with Gasteiger partial charge >= 0.3 is 0 Å². The van der Waals surface area contributed by atoms with Gasteiger partial charge in [-0.2, -0.15) is 0 Å². The number of unbranched alkanes of at least 4 members (excludes halogenated alkanes) is 4. The second kappa shape index (κ2) is 7.32. The van der Waals surface area contributed by atoms with E-state index in [0.717, 1.165) is 22.7 Å². The third-order valence-electron chi connectivity index (χ3n) is 3.65. The molecule has 0 aliphatic heterocycles. The van der Waals surface area contributed by atoms with Crippen molar-refractivity contribution >= 4 is 16.8 Å². The van der Waals surface area contributed by atoms with E-state index in [4.69, 9.17) is 4.42 Å². The molecule has 0 saturated carbocycles. The van der Waals surface area contributed by atoms with E-state index in [9.17, 15) is 0 Å². The van der Waals surface area contributed by atoms with Crippen molar-refractivity contribution in [3.05, 3.63) is 24.1 Å². The molecule has 1 aromatic carbocycles. The van der Waals surface area contributed by atoms with Crippen LogP contribution in [0.25, 0.3) is 11.1 Å². The molecule has 2 aromatic rings. The van der Waals surface area contributed by atoms with Crippen LogP contribution in [-0.4, -0.2) is 11.0 Å². The molecular formula is C17H26N2O. The fourth-order valence-electron chi connectivity index (χ4n) is 2.54. The van der Waals surface area contributed by atoms with Crippen LogP contribution in [-0.2, 0) is 0 Å². The monoisotopic (exact) mass is 274 g/mol. The van der Waals surface area contributed by atoms with Gasteiger partial charge in [-0.25, -0.2) is 4.98 Å². The zero-order chi connectivity index (χ0) is 14.4. The first kappa shape index (κ1) is 14.9. The lowest BCUT2D eigenvalue weighted by Crippen LogP contribution is -2.14. The number of benzene rings is 1. The zero-order valence-corrected chi connectivity index (χ0v) is 12.9. The van der Waals surface area contributed by atoms with Gasteiger partial charge in [0.15, 0.2) is 11.5 Å². The first-order valence-corrected chi connectivity index (χ1v) is 7.82. The summed E-state index contributed by atoms with van der Waals surface area (Å²) in [6.45, 7) is 6.38. The van der Waals surface area contributed by atoms with Gasteiger partial charge in [0.25, 0.3) is 0 Å². The van der Waals surface area contributed by atoms with Gasteiger partial charge in [-0.15, -0.1) is 0 Å². The Kier molecular flexibility index (Phi) is 5.45. The highest BCUT2D eigenvalue weighted by Gasteiger charge is 2.06. The minimum Gasteiger partial charge on any atom is -0.441 e. The van der Waals surface area contributed by atoms with Crippen molar-refractivity contribution in [3.8, 4) is 0 Å². The van der Waals surface area contributed by atoms with Crippen molar-refractivity contribution in [2.24, 2.45) is 0 Å². The number of hydrogen-bond donors (Lipinski definition) is 1. The fourth-order valence-corrected chi connectivity index (χ4v) is 2.54. The summed E-state index contributed by atoms with van der Waals surface area (Å²) in [6, 6.07) is 6.63. The molecule has 20 heavy (non-hydrogen) atoms. The maximum atomic E-state index is 5.49. The average Bonchev–Trinajstić information content (AvgIpc) is 2.78. The van der Waals surface area contributed by atoms with Crippen molar-refractivity contribution in [1.82, 2.24) is 4.98 Å². The molecule has 1 N–H and O–H groups in total. The smallest absolute Gasteiger partial charge is 0.192 e. The van der Waals surface area contributed by atoms with E-state index in [0.29, 0.717) is 6.04 Å². The Balaban J connectivity index is 1.81. The molecule has 0 amide bonds.